The van der Waals surface area contributed by atoms with Crippen LogP contribution in [0.2, 0.25) is 5.02 Å². The molecule has 0 spiro atoms. The number of hydrogen-bond acceptors (Lipinski definition) is 3. The van der Waals surface area contributed by atoms with Crippen molar-refractivity contribution in [1.82, 2.24) is 5.32 Å². The summed E-state index contributed by atoms with van der Waals surface area (Å²) in [5.74, 6) is 0.0409. The molecule has 5 heteroatoms. The summed E-state index contributed by atoms with van der Waals surface area (Å²) in [5, 5.41) is 3.61. The molecule has 118 valence electrons. The van der Waals surface area contributed by atoms with Gasteiger partial charge in [0.05, 0.1) is 11.0 Å². The van der Waals surface area contributed by atoms with Gasteiger partial charge >= 0.3 is 0 Å². The fourth-order valence-corrected chi connectivity index (χ4v) is 5.58. The minimum atomic E-state index is -3.20. The van der Waals surface area contributed by atoms with Crippen molar-refractivity contribution in [3.8, 4) is 0 Å². The van der Waals surface area contributed by atoms with E-state index in [1.54, 1.807) is 12.1 Å². The first-order valence-electron chi connectivity index (χ1n) is 7.73. The molecule has 0 aliphatic heterocycles. The first kappa shape index (κ1) is 16.8. The fourth-order valence-electron chi connectivity index (χ4n) is 3.14. The van der Waals surface area contributed by atoms with Gasteiger partial charge in [0.25, 0.3) is 0 Å². The van der Waals surface area contributed by atoms with E-state index in [0.29, 0.717) is 10.6 Å². The summed E-state index contributed by atoms with van der Waals surface area (Å²) in [6.45, 7) is 2.84. The summed E-state index contributed by atoms with van der Waals surface area (Å²) < 4.78 is 25.7. The van der Waals surface area contributed by atoms with Crippen molar-refractivity contribution in [1.29, 1.82) is 0 Å². The van der Waals surface area contributed by atoms with Gasteiger partial charge in [-0.1, -0.05) is 56.0 Å². The minimum Gasteiger partial charge on any atom is -0.313 e. The Labute approximate surface area is 133 Å². The van der Waals surface area contributed by atoms with Gasteiger partial charge < -0.3 is 5.32 Å². The molecule has 0 heterocycles. The molecule has 1 aromatic rings. The van der Waals surface area contributed by atoms with Crippen molar-refractivity contribution in [3.05, 3.63) is 34.9 Å². The topological polar surface area (TPSA) is 46.2 Å². The van der Waals surface area contributed by atoms with Crippen molar-refractivity contribution in [2.24, 2.45) is 0 Å². The number of hydrogen-bond donors (Lipinski definition) is 1. The van der Waals surface area contributed by atoms with E-state index in [2.05, 4.69) is 5.32 Å². The maximum Gasteiger partial charge on any atom is 0.158 e. The highest BCUT2D eigenvalue weighted by Crippen LogP contribution is 2.27. The van der Waals surface area contributed by atoms with Crippen LogP contribution in [0.1, 0.15) is 44.6 Å². The van der Waals surface area contributed by atoms with Crippen LogP contribution in [-0.4, -0.2) is 26.3 Å². The molecule has 0 aromatic heterocycles. The molecule has 1 aliphatic carbocycles. The standard InChI is InChI=1S/C16H24ClNO2S/c1-2-18-15-10-4-3-5-11-16(15)21(19,20)12-13-8-6-7-9-14(13)17/h6-9,15-16,18H,2-5,10-12H2,1H3. The third kappa shape index (κ3) is 4.44. The van der Waals surface area contributed by atoms with E-state index in [1.165, 1.54) is 0 Å². The predicted octanol–water partition coefficient (Wildman–Crippen LogP) is 3.57. The van der Waals surface area contributed by atoms with Crippen molar-refractivity contribution in [3.63, 3.8) is 0 Å². The lowest BCUT2D eigenvalue weighted by atomic mass is 10.1. The SMILES string of the molecule is CCNC1CCCCCC1S(=O)(=O)Cc1ccccc1Cl. The van der Waals surface area contributed by atoms with Gasteiger partial charge in [-0.15, -0.1) is 0 Å². The van der Waals surface area contributed by atoms with Gasteiger partial charge in [-0.3, -0.25) is 0 Å². The maximum absolute atomic E-state index is 12.8. The molecule has 1 saturated carbocycles. The van der Waals surface area contributed by atoms with Crippen LogP contribution in [0.15, 0.2) is 24.3 Å². The molecule has 0 amide bonds. The average Bonchev–Trinajstić information content (AvgIpc) is 2.68. The highest BCUT2D eigenvalue weighted by Gasteiger charge is 2.34. The van der Waals surface area contributed by atoms with E-state index in [-0.39, 0.29) is 17.0 Å². The number of benzene rings is 1. The summed E-state index contributed by atoms with van der Waals surface area (Å²) >= 11 is 6.12. The van der Waals surface area contributed by atoms with Gasteiger partial charge in [0.2, 0.25) is 0 Å². The van der Waals surface area contributed by atoms with Crippen LogP contribution in [0.25, 0.3) is 0 Å². The van der Waals surface area contributed by atoms with E-state index in [4.69, 9.17) is 11.6 Å². The zero-order chi connectivity index (χ0) is 15.3. The Bertz CT molecular complexity index is 559. The summed E-state index contributed by atoms with van der Waals surface area (Å²) in [5.41, 5.74) is 0.707. The third-order valence-electron chi connectivity index (χ3n) is 4.19. The van der Waals surface area contributed by atoms with Crippen molar-refractivity contribution >= 4 is 21.4 Å². The molecule has 1 fully saturated rings. The fraction of sp³-hybridized carbons (Fsp3) is 0.625. The first-order chi connectivity index (χ1) is 10.0. The largest absolute Gasteiger partial charge is 0.313 e. The molecule has 0 bridgehead atoms. The Balaban J connectivity index is 2.21. The molecule has 21 heavy (non-hydrogen) atoms. The Morgan fingerprint density at radius 3 is 2.62 bits per heavy atom. The third-order valence-corrected chi connectivity index (χ3v) is 6.76. The normalized spacial score (nSPS) is 23.7. The molecule has 0 radical (unpaired) electrons. The van der Waals surface area contributed by atoms with Gasteiger partial charge in [0.15, 0.2) is 9.84 Å². The number of rotatable bonds is 5. The monoisotopic (exact) mass is 329 g/mol. The van der Waals surface area contributed by atoms with Crippen LogP contribution >= 0.6 is 11.6 Å². The highest BCUT2D eigenvalue weighted by atomic mass is 35.5. The summed E-state index contributed by atoms with van der Waals surface area (Å²) in [6, 6.07) is 7.29. The zero-order valence-corrected chi connectivity index (χ0v) is 14.1. The van der Waals surface area contributed by atoms with Crippen LogP contribution in [-0.2, 0) is 15.6 Å². The maximum atomic E-state index is 12.8. The molecular formula is C16H24ClNO2S. The lowest BCUT2D eigenvalue weighted by molar-refractivity contribution is 0.459. The minimum absolute atomic E-state index is 0.0409. The Morgan fingerprint density at radius 2 is 1.90 bits per heavy atom. The van der Waals surface area contributed by atoms with Gasteiger partial charge in [0, 0.05) is 11.1 Å². The second-order valence-corrected chi connectivity index (χ2v) is 8.37. The number of nitrogens with one attached hydrogen (secondary N) is 1. The van der Waals surface area contributed by atoms with Crippen LogP contribution in [0, 0.1) is 0 Å². The number of halogens is 1. The van der Waals surface area contributed by atoms with E-state index in [0.717, 1.165) is 38.6 Å². The first-order valence-corrected chi connectivity index (χ1v) is 9.82. The van der Waals surface area contributed by atoms with Gasteiger partial charge in [0.1, 0.15) is 0 Å². The molecule has 2 atom stereocenters. The van der Waals surface area contributed by atoms with Gasteiger partial charge in [-0.2, -0.15) is 0 Å². The molecule has 1 aliphatic rings. The van der Waals surface area contributed by atoms with Crippen molar-refractivity contribution in [2.45, 2.75) is 56.1 Å². The molecule has 0 saturated heterocycles. The Kier molecular flexibility index (Phi) is 6.08. The lowest BCUT2D eigenvalue weighted by Gasteiger charge is -2.26. The quantitative estimate of drug-likeness (QED) is 0.840. The van der Waals surface area contributed by atoms with Gasteiger partial charge in [-0.05, 0) is 31.0 Å². The molecule has 2 rings (SSSR count). The smallest absolute Gasteiger partial charge is 0.158 e. The molecular weight excluding hydrogens is 306 g/mol. The molecule has 3 nitrogen and oxygen atoms in total. The van der Waals surface area contributed by atoms with E-state index in [9.17, 15) is 8.42 Å². The van der Waals surface area contributed by atoms with Crippen LogP contribution in [0.4, 0.5) is 0 Å². The van der Waals surface area contributed by atoms with Crippen LogP contribution in [0.5, 0.6) is 0 Å². The van der Waals surface area contributed by atoms with Crippen molar-refractivity contribution < 1.29 is 8.42 Å². The number of sulfone groups is 1. The summed E-state index contributed by atoms with van der Waals surface area (Å²) in [7, 11) is -3.20. The predicted molar refractivity (Wildman–Crippen MR) is 88.4 cm³/mol. The Hall–Kier alpha value is -0.580. The molecule has 1 aromatic carbocycles. The summed E-state index contributed by atoms with van der Waals surface area (Å²) in [4.78, 5) is 0. The van der Waals surface area contributed by atoms with E-state index >= 15 is 0 Å². The van der Waals surface area contributed by atoms with Gasteiger partial charge in [-0.25, -0.2) is 8.42 Å². The van der Waals surface area contributed by atoms with Crippen molar-refractivity contribution in [2.75, 3.05) is 6.54 Å². The summed E-state index contributed by atoms with van der Waals surface area (Å²) in [6.07, 6.45) is 4.93. The second-order valence-electron chi connectivity index (χ2n) is 5.74. The molecule has 1 N–H and O–H groups in total. The highest BCUT2D eigenvalue weighted by molar-refractivity contribution is 7.91. The average molecular weight is 330 g/mol. The Morgan fingerprint density at radius 1 is 1.19 bits per heavy atom. The molecule has 2 unspecified atom stereocenters. The zero-order valence-electron chi connectivity index (χ0n) is 12.5. The second kappa shape index (κ2) is 7.61. The van der Waals surface area contributed by atoms with E-state index < -0.39 is 9.84 Å². The van der Waals surface area contributed by atoms with Crippen LogP contribution < -0.4 is 5.32 Å². The van der Waals surface area contributed by atoms with E-state index in [1.807, 2.05) is 19.1 Å². The van der Waals surface area contributed by atoms with Crippen LogP contribution in [0.3, 0.4) is 0 Å². The lowest BCUT2D eigenvalue weighted by Crippen LogP contribution is -2.44.